The Kier molecular flexibility index (Phi) is 3.30. The third kappa shape index (κ3) is 2.44. The molecule has 0 aromatic carbocycles. The largest absolute Gasteiger partial charge is 0.372 e. The molecule has 2 aliphatic rings. The number of carbonyl (C=O) groups excluding carboxylic acids is 1. The van der Waals surface area contributed by atoms with Crippen LogP contribution in [0.2, 0.25) is 0 Å². The average Bonchev–Trinajstić information content (AvgIpc) is 2.62. The third-order valence-corrected chi connectivity index (χ3v) is 3.17. The van der Waals surface area contributed by atoms with Crippen LogP contribution in [0.25, 0.3) is 0 Å². The van der Waals surface area contributed by atoms with Crippen molar-refractivity contribution in [1.29, 1.82) is 0 Å². The van der Waals surface area contributed by atoms with Crippen LogP contribution in [0.3, 0.4) is 0 Å². The molecule has 0 radical (unpaired) electrons. The summed E-state index contributed by atoms with van der Waals surface area (Å²) in [6.07, 6.45) is 4.88. The number of hydrogen-bond donors (Lipinski definition) is 1. The van der Waals surface area contributed by atoms with Crippen molar-refractivity contribution in [2.75, 3.05) is 13.1 Å². The first-order valence-electron chi connectivity index (χ1n) is 5.94. The van der Waals surface area contributed by atoms with Crippen LogP contribution >= 0.6 is 0 Å². The summed E-state index contributed by atoms with van der Waals surface area (Å²) in [7, 11) is 0. The molecule has 4 nitrogen and oxygen atoms in total. The summed E-state index contributed by atoms with van der Waals surface area (Å²) in [6.45, 7) is 5.41. The predicted molar refractivity (Wildman–Crippen MR) is 61.8 cm³/mol. The summed E-state index contributed by atoms with van der Waals surface area (Å²) in [5.41, 5.74) is 5.76. The van der Waals surface area contributed by atoms with Crippen molar-refractivity contribution in [3.05, 3.63) is 12.2 Å². The second-order valence-corrected chi connectivity index (χ2v) is 4.89. The molecule has 1 fully saturated rings. The summed E-state index contributed by atoms with van der Waals surface area (Å²) < 4.78 is 5.61. The second-order valence-electron chi connectivity index (χ2n) is 4.89. The van der Waals surface area contributed by atoms with Crippen LogP contribution in [0.5, 0.6) is 0 Å². The van der Waals surface area contributed by atoms with Gasteiger partial charge in [0.15, 0.2) is 0 Å². The van der Waals surface area contributed by atoms with Gasteiger partial charge in [0.1, 0.15) is 0 Å². The number of nitrogens with two attached hydrogens (primary N) is 1. The number of amides is 1. The van der Waals surface area contributed by atoms with E-state index >= 15 is 0 Å². The lowest BCUT2D eigenvalue weighted by Crippen LogP contribution is -2.49. The van der Waals surface area contributed by atoms with Crippen molar-refractivity contribution in [2.24, 2.45) is 11.7 Å². The number of ether oxygens (including phenoxy) is 1. The highest BCUT2D eigenvalue weighted by Crippen LogP contribution is 2.21. The van der Waals surface area contributed by atoms with Gasteiger partial charge in [-0.15, -0.1) is 0 Å². The van der Waals surface area contributed by atoms with E-state index in [1.807, 2.05) is 30.9 Å². The van der Waals surface area contributed by atoms with E-state index in [0.717, 1.165) is 6.42 Å². The van der Waals surface area contributed by atoms with Gasteiger partial charge in [0, 0.05) is 19.1 Å². The molecule has 0 spiro atoms. The highest BCUT2D eigenvalue weighted by molar-refractivity contribution is 5.81. The van der Waals surface area contributed by atoms with Gasteiger partial charge < -0.3 is 15.4 Å². The van der Waals surface area contributed by atoms with Crippen LogP contribution in [-0.2, 0) is 9.53 Å². The molecule has 4 heteroatoms. The van der Waals surface area contributed by atoms with Gasteiger partial charge in [-0.2, -0.15) is 0 Å². The van der Waals surface area contributed by atoms with Crippen molar-refractivity contribution in [3.8, 4) is 0 Å². The predicted octanol–water partition coefficient (Wildman–Crippen LogP) is 0.526. The van der Waals surface area contributed by atoms with Crippen molar-refractivity contribution in [3.63, 3.8) is 0 Å². The molecule has 0 saturated carbocycles. The molecule has 0 bridgehead atoms. The molecular weight excluding hydrogens is 204 g/mol. The molecule has 1 amide bonds. The van der Waals surface area contributed by atoms with Crippen molar-refractivity contribution in [1.82, 2.24) is 4.90 Å². The van der Waals surface area contributed by atoms with Crippen LogP contribution in [0, 0.1) is 5.92 Å². The van der Waals surface area contributed by atoms with Crippen LogP contribution < -0.4 is 5.73 Å². The number of hydrogen-bond acceptors (Lipinski definition) is 3. The van der Waals surface area contributed by atoms with E-state index in [4.69, 9.17) is 10.5 Å². The molecule has 0 aromatic heterocycles. The maximum atomic E-state index is 12.2. The molecule has 16 heavy (non-hydrogen) atoms. The Bertz CT molecular complexity index is 293. The van der Waals surface area contributed by atoms with E-state index < -0.39 is 0 Å². The molecule has 90 valence electrons. The van der Waals surface area contributed by atoms with Gasteiger partial charge in [0.2, 0.25) is 5.91 Å². The molecule has 1 aliphatic carbocycles. The first kappa shape index (κ1) is 11.6. The Balaban J connectivity index is 1.96. The summed E-state index contributed by atoms with van der Waals surface area (Å²) in [6, 6.07) is 0.0461. The quantitative estimate of drug-likeness (QED) is 0.661. The first-order valence-corrected chi connectivity index (χ1v) is 5.94. The number of rotatable bonds is 1. The van der Waals surface area contributed by atoms with Gasteiger partial charge in [0.05, 0.1) is 18.1 Å². The van der Waals surface area contributed by atoms with Crippen LogP contribution in [-0.4, -0.2) is 42.1 Å². The van der Waals surface area contributed by atoms with Gasteiger partial charge in [-0.1, -0.05) is 12.2 Å². The number of nitrogens with zero attached hydrogens (tertiary/aromatic N) is 1. The molecule has 2 N–H and O–H groups in total. The van der Waals surface area contributed by atoms with E-state index in [1.165, 1.54) is 0 Å². The zero-order valence-electron chi connectivity index (χ0n) is 9.93. The molecule has 4 atom stereocenters. The minimum Gasteiger partial charge on any atom is -0.372 e. The summed E-state index contributed by atoms with van der Waals surface area (Å²) in [4.78, 5) is 14.1. The van der Waals surface area contributed by atoms with Crippen molar-refractivity contribution in [2.45, 2.75) is 38.5 Å². The fraction of sp³-hybridized carbons (Fsp3) is 0.750. The van der Waals surface area contributed by atoms with Crippen molar-refractivity contribution < 1.29 is 9.53 Å². The van der Waals surface area contributed by atoms with Gasteiger partial charge in [-0.25, -0.2) is 0 Å². The fourth-order valence-electron chi connectivity index (χ4n) is 2.50. The summed E-state index contributed by atoms with van der Waals surface area (Å²) in [5, 5.41) is 0. The van der Waals surface area contributed by atoms with Crippen molar-refractivity contribution >= 4 is 5.91 Å². The van der Waals surface area contributed by atoms with Crippen LogP contribution in [0.1, 0.15) is 20.3 Å². The lowest BCUT2D eigenvalue weighted by molar-refractivity contribution is -0.146. The smallest absolute Gasteiger partial charge is 0.229 e. The topological polar surface area (TPSA) is 55.6 Å². The third-order valence-electron chi connectivity index (χ3n) is 3.17. The zero-order chi connectivity index (χ0) is 11.7. The van der Waals surface area contributed by atoms with E-state index in [1.54, 1.807) is 0 Å². The minimum atomic E-state index is -0.0208. The highest BCUT2D eigenvalue weighted by Gasteiger charge is 2.31. The monoisotopic (exact) mass is 224 g/mol. The van der Waals surface area contributed by atoms with Gasteiger partial charge in [0.25, 0.3) is 0 Å². The maximum absolute atomic E-state index is 12.2. The normalized spacial score (nSPS) is 39.1. The Hall–Kier alpha value is -0.870. The molecule has 0 aromatic rings. The molecular formula is C12H20N2O2. The number of carbonyl (C=O) groups is 1. The first-order chi connectivity index (χ1) is 7.56. The van der Waals surface area contributed by atoms with Crippen LogP contribution in [0.4, 0.5) is 0 Å². The van der Waals surface area contributed by atoms with Gasteiger partial charge in [-0.3, -0.25) is 4.79 Å². The van der Waals surface area contributed by atoms with E-state index in [2.05, 4.69) is 0 Å². The molecule has 2 rings (SSSR count). The van der Waals surface area contributed by atoms with Gasteiger partial charge in [-0.05, 0) is 20.3 Å². The Morgan fingerprint density at radius 1 is 1.31 bits per heavy atom. The molecule has 1 heterocycles. The standard InChI is InChI=1S/C12H20N2O2/c1-8-6-14(7-9(2)16-8)12(15)10-3-4-11(13)5-10/h3-4,8-11H,5-7,13H2,1-2H3/t8-,9+,10?,11?. The van der Waals surface area contributed by atoms with E-state index in [9.17, 15) is 4.79 Å². The fourth-order valence-corrected chi connectivity index (χ4v) is 2.50. The van der Waals surface area contributed by atoms with E-state index in [-0.39, 0.29) is 30.1 Å². The lowest BCUT2D eigenvalue weighted by Gasteiger charge is -2.36. The Morgan fingerprint density at radius 3 is 2.44 bits per heavy atom. The van der Waals surface area contributed by atoms with Gasteiger partial charge >= 0.3 is 0 Å². The second kappa shape index (κ2) is 4.55. The minimum absolute atomic E-state index is 0.0208. The van der Waals surface area contributed by atoms with Crippen LogP contribution in [0.15, 0.2) is 12.2 Å². The molecule has 2 unspecified atom stereocenters. The van der Waals surface area contributed by atoms with E-state index in [0.29, 0.717) is 13.1 Å². The Morgan fingerprint density at radius 2 is 1.94 bits per heavy atom. The summed E-state index contributed by atoms with van der Waals surface area (Å²) >= 11 is 0. The average molecular weight is 224 g/mol. The highest BCUT2D eigenvalue weighted by atomic mass is 16.5. The lowest BCUT2D eigenvalue weighted by atomic mass is 10.1. The molecule has 1 saturated heterocycles. The molecule has 1 aliphatic heterocycles. The SMILES string of the molecule is C[C@@H]1CN(C(=O)C2C=CC(N)C2)C[C@H](C)O1. The maximum Gasteiger partial charge on any atom is 0.229 e. The number of morpholine rings is 1. The zero-order valence-corrected chi connectivity index (χ0v) is 9.93. The summed E-state index contributed by atoms with van der Waals surface area (Å²) in [5.74, 6) is 0.179. The Labute approximate surface area is 96.4 Å².